The first kappa shape index (κ1) is 24.4. The molecule has 1 amide bonds. The van der Waals surface area contributed by atoms with E-state index in [4.69, 9.17) is 0 Å². The minimum Gasteiger partial charge on any atom is -0.324 e. The zero-order valence-electron chi connectivity index (χ0n) is 18.6. The third-order valence-corrected chi connectivity index (χ3v) is 7.33. The van der Waals surface area contributed by atoms with Gasteiger partial charge in [0.1, 0.15) is 6.04 Å². The molecule has 12 heteroatoms. The van der Waals surface area contributed by atoms with Gasteiger partial charge in [-0.15, -0.1) is 0 Å². The Hall–Kier alpha value is -3.25. The molecular weight excluding hydrogens is 468 g/mol. The number of rotatable bonds is 8. The smallest absolute Gasteiger partial charge is 0.308 e. The van der Waals surface area contributed by atoms with E-state index < -0.39 is 26.9 Å². The number of aryl methyl sites for hydroxylation is 2. The number of nitro groups is 1. The van der Waals surface area contributed by atoms with E-state index in [0.717, 1.165) is 33.5 Å². The number of nitro benzene ring substituents is 1. The van der Waals surface area contributed by atoms with Crippen molar-refractivity contribution in [2.24, 2.45) is 0 Å². The van der Waals surface area contributed by atoms with Gasteiger partial charge in [0.2, 0.25) is 15.9 Å². The van der Waals surface area contributed by atoms with E-state index in [1.807, 2.05) is 6.92 Å². The van der Waals surface area contributed by atoms with Crippen LogP contribution in [-0.4, -0.2) is 36.1 Å². The van der Waals surface area contributed by atoms with Gasteiger partial charge in [-0.3, -0.25) is 28.6 Å². The summed E-state index contributed by atoms with van der Waals surface area (Å²) >= 11 is 1.06. The van der Waals surface area contributed by atoms with Gasteiger partial charge in [0, 0.05) is 24.4 Å². The maximum Gasteiger partial charge on any atom is 0.308 e. The second kappa shape index (κ2) is 9.32. The minimum absolute atomic E-state index is 0.0717. The van der Waals surface area contributed by atoms with E-state index in [9.17, 15) is 28.1 Å². The number of thiazole rings is 1. The topological polar surface area (TPSA) is 132 Å². The monoisotopic (exact) mass is 492 g/mol. The Kier molecular flexibility index (Phi) is 6.89. The number of amides is 1. The molecule has 33 heavy (non-hydrogen) atoms. The Morgan fingerprint density at radius 1 is 1.24 bits per heavy atom. The third kappa shape index (κ3) is 4.91. The zero-order valence-corrected chi connectivity index (χ0v) is 20.2. The summed E-state index contributed by atoms with van der Waals surface area (Å²) in [5, 5.41) is 14.0. The molecule has 0 fully saturated rings. The van der Waals surface area contributed by atoms with Gasteiger partial charge in [-0.2, -0.15) is 0 Å². The van der Waals surface area contributed by atoms with Crippen LogP contribution in [0, 0.1) is 17.0 Å². The number of nitrogens with one attached hydrogen (secondary N) is 1. The molecule has 0 aliphatic carbocycles. The number of fused-ring (bicyclic) bond motifs is 1. The molecule has 3 aromatic rings. The molecule has 0 aliphatic heterocycles. The summed E-state index contributed by atoms with van der Waals surface area (Å²) in [5.74, 6) is -0.588. The van der Waals surface area contributed by atoms with Crippen LogP contribution in [0.2, 0.25) is 0 Å². The van der Waals surface area contributed by atoms with Crippen LogP contribution in [0.25, 0.3) is 10.2 Å². The lowest BCUT2D eigenvalue weighted by molar-refractivity contribution is -0.384. The minimum atomic E-state index is -3.96. The first-order valence-electron chi connectivity index (χ1n) is 10.2. The molecular formula is C21H24N4O6S2. The van der Waals surface area contributed by atoms with Gasteiger partial charge in [-0.25, -0.2) is 8.42 Å². The van der Waals surface area contributed by atoms with Crippen molar-refractivity contribution in [3.05, 3.63) is 61.7 Å². The van der Waals surface area contributed by atoms with Gasteiger partial charge in [-0.1, -0.05) is 24.3 Å². The predicted molar refractivity (Wildman–Crippen MR) is 130 cm³/mol. The van der Waals surface area contributed by atoms with Crippen LogP contribution in [0.15, 0.2) is 41.2 Å². The highest BCUT2D eigenvalue weighted by Crippen LogP contribution is 2.31. The molecule has 1 heterocycles. The molecule has 3 rings (SSSR count). The standard InChI is InChI=1S/C21H24N4O6S2/c1-5-16(24(33(4,30)31)18-12-15(25(28)29)9-7-13(18)3)20(26)22-14-8-10-17-19(11-14)32-21(27)23(17)6-2/h7-12,16H,5-6H2,1-4H3,(H,22,26)/t16-/m0/s1. The van der Waals surface area contributed by atoms with Gasteiger partial charge in [0.05, 0.1) is 27.1 Å². The van der Waals surface area contributed by atoms with Gasteiger partial charge in [0.15, 0.2) is 0 Å². The number of anilines is 2. The molecule has 0 saturated carbocycles. The van der Waals surface area contributed by atoms with E-state index in [0.29, 0.717) is 22.5 Å². The molecule has 0 saturated heterocycles. The Labute approximate surface area is 194 Å². The first-order chi connectivity index (χ1) is 15.5. The lowest BCUT2D eigenvalue weighted by atomic mass is 10.1. The molecule has 176 valence electrons. The van der Waals surface area contributed by atoms with Crippen LogP contribution in [0.3, 0.4) is 0 Å². The van der Waals surface area contributed by atoms with E-state index in [1.54, 1.807) is 36.6 Å². The molecule has 1 aromatic heterocycles. The average molecular weight is 493 g/mol. The van der Waals surface area contributed by atoms with Crippen LogP contribution < -0.4 is 14.5 Å². The number of nitrogens with zero attached hydrogens (tertiary/aromatic N) is 3. The molecule has 0 aliphatic rings. The highest BCUT2D eigenvalue weighted by Gasteiger charge is 2.33. The quantitative estimate of drug-likeness (QED) is 0.378. The predicted octanol–water partition coefficient (Wildman–Crippen LogP) is 3.48. The molecule has 0 spiro atoms. The lowest BCUT2D eigenvalue weighted by Gasteiger charge is -2.31. The fourth-order valence-electron chi connectivity index (χ4n) is 3.65. The maximum absolute atomic E-state index is 13.2. The number of non-ortho nitro benzene ring substituents is 1. The molecule has 2 aromatic carbocycles. The number of carbonyl (C=O) groups is 1. The molecule has 0 unspecified atom stereocenters. The Morgan fingerprint density at radius 2 is 1.94 bits per heavy atom. The molecule has 0 bridgehead atoms. The Balaban J connectivity index is 2.01. The SMILES string of the molecule is CC[C@@H](C(=O)Nc1ccc2c(c1)sc(=O)n2CC)N(c1cc([N+](=O)[O-])ccc1C)S(C)(=O)=O. The molecule has 0 radical (unpaired) electrons. The van der Waals surface area contributed by atoms with Crippen molar-refractivity contribution >= 4 is 54.5 Å². The summed E-state index contributed by atoms with van der Waals surface area (Å²) in [5.41, 5.74) is 1.44. The maximum atomic E-state index is 13.2. The number of carbonyl (C=O) groups excluding carboxylic acids is 1. The van der Waals surface area contributed by atoms with Crippen molar-refractivity contribution < 1.29 is 18.1 Å². The highest BCUT2D eigenvalue weighted by atomic mass is 32.2. The van der Waals surface area contributed by atoms with Crippen LogP contribution in [0.5, 0.6) is 0 Å². The van der Waals surface area contributed by atoms with Crippen molar-refractivity contribution in [1.82, 2.24) is 4.57 Å². The van der Waals surface area contributed by atoms with Crippen molar-refractivity contribution in [3.63, 3.8) is 0 Å². The summed E-state index contributed by atoms with van der Waals surface area (Å²) in [6, 6.07) is 7.79. The second-order valence-corrected chi connectivity index (χ2v) is 10.3. The zero-order chi connectivity index (χ0) is 24.5. The van der Waals surface area contributed by atoms with E-state index in [-0.39, 0.29) is 22.7 Å². The number of hydrogen-bond acceptors (Lipinski definition) is 7. The average Bonchev–Trinajstić information content (AvgIpc) is 3.05. The highest BCUT2D eigenvalue weighted by molar-refractivity contribution is 7.92. The summed E-state index contributed by atoms with van der Waals surface area (Å²) in [7, 11) is -3.96. The van der Waals surface area contributed by atoms with E-state index in [1.165, 1.54) is 12.1 Å². The fourth-order valence-corrected chi connectivity index (χ4v) is 5.91. The summed E-state index contributed by atoms with van der Waals surface area (Å²) in [6.07, 6.45) is 1.08. The van der Waals surface area contributed by atoms with Crippen LogP contribution in [-0.2, 0) is 21.4 Å². The lowest BCUT2D eigenvalue weighted by Crippen LogP contribution is -2.47. The fraction of sp³-hybridized carbons (Fsp3) is 0.333. The Morgan fingerprint density at radius 3 is 2.52 bits per heavy atom. The molecule has 1 atom stereocenters. The summed E-state index contributed by atoms with van der Waals surface area (Å²) < 4.78 is 28.7. The van der Waals surface area contributed by atoms with Crippen molar-refractivity contribution in [3.8, 4) is 0 Å². The van der Waals surface area contributed by atoms with Crippen molar-refractivity contribution in [2.45, 2.75) is 39.8 Å². The van der Waals surface area contributed by atoms with E-state index in [2.05, 4.69) is 5.32 Å². The van der Waals surface area contributed by atoms with Gasteiger partial charge in [-0.05, 0) is 44.0 Å². The largest absolute Gasteiger partial charge is 0.324 e. The Bertz CT molecular complexity index is 1390. The number of hydrogen-bond donors (Lipinski definition) is 1. The van der Waals surface area contributed by atoms with Gasteiger partial charge < -0.3 is 5.32 Å². The van der Waals surface area contributed by atoms with Crippen LogP contribution in [0.1, 0.15) is 25.8 Å². The van der Waals surface area contributed by atoms with Crippen LogP contribution >= 0.6 is 11.3 Å². The van der Waals surface area contributed by atoms with Gasteiger partial charge in [0.25, 0.3) is 5.69 Å². The molecule has 1 N–H and O–H groups in total. The number of aromatic nitrogens is 1. The number of sulfonamides is 1. The second-order valence-electron chi connectivity index (χ2n) is 7.49. The molecule has 10 nitrogen and oxygen atoms in total. The third-order valence-electron chi connectivity index (χ3n) is 5.22. The first-order valence-corrected chi connectivity index (χ1v) is 12.8. The summed E-state index contributed by atoms with van der Waals surface area (Å²) in [6.45, 7) is 5.67. The van der Waals surface area contributed by atoms with Crippen molar-refractivity contribution in [1.29, 1.82) is 0 Å². The van der Waals surface area contributed by atoms with Crippen LogP contribution in [0.4, 0.5) is 17.1 Å². The normalized spacial score (nSPS) is 12.5. The van der Waals surface area contributed by atoms with E-state index >= 15 is 0 Å². The summed E-state index contributed by atoms with van der Waals surface area (Å²) in [4.78, 5) is 35.8. The van der Waals surface area contributed by atoms with Crippen molar-refractivity contribution in [2.75, 3.05) is 15.9 Å². The van der Waals surface area contributed by atoms with Gasteiger partial charge >= 0.3 is 4.87 Å². The number of benzene rings is 2.